The molecule has 0 aliphatic carbocycles. The number of thiophene rings is 1. The van der Waals surface area contributed by atoms with Gasteiger partial charge in [-0.1, -0.05) is 127 Å². The number of nitrogens with zero attached hydrogens (tertiary/aromatic N) is 3. The van der Waals surface area contributed by atoms with Gasteiger partial charge in [-0.25, -0.2) is 0 Å². The third-order valence-electron chi connectivity index (χ3n) is 11.6. The Balaban J connectivity index is 1.03. The van der Waals surface area contributed by atoms with E-state index >= 15 is 0 Å². The van der Waals surface area contributed by atoms with Crippen LogP contribution in [0.15, 0.2) is 212 Å². The maximum atomic E-state index is 6.78. The fraction of sp³-hybridized carbons (Fsp3) is 0. The van der Waals surface area contributed by atoms with E-state index in [2.05, 4.69) is 221 Å². The highest BCUT2D eigenvalue weighted by molar-refractivity contribution is 7.26. The molecule has 9 aromatic carbocycles. The van der Waals surface area contributed by atoms with E-state index in [0.717, 1.165) is 62.3 Å². The molecule has 278 valence electrons. The van der Waals surface area contributed by atoms with Crippen molar-refractivity contribution >= 4 is 87.4 Å². The van der Waals surface area contributed by atoms with Gasteiger partial charge >= 0.3 is 0 Å². The van der Waals surface area contributed by atoms with Gasteiger partial charge in [0.25, 0.3) is 0 Å². The fourth-order valence-electron chi connectivity index (χ4n) is 8.90. The zero-order valence-corrected chi connectivity index (χ0v) is 32.7. The smallest absolute Gasteiger partial charge is 0.178 e. The summed E-state index contributed by atoms with van der Waals surface area (Å²) in [6.45, 7) is 0. The van der Waals surface area contributed by atoms with E-state index in [4.69, 9.17) is 4.74 Å². The Morgan fingerprint density at radius 1 is 0.458 bits per heavy atom. The van der Waals surface area contributed by atoms with E-state index in [1.165, 1.54) is 42.1 Å². The summed E-state index contributed by atoms with van der Waals surface area (Å²) in [5.41, 5.74) is 9.93. The number of hydrogen-bond donors (Lipinski definition) is 0. The van der Waals surface area contributed by atoms with Crippen LogP contribution in [0.4, 0.5) is 34.3 Å². The number of fused-ring (bicyclic) bond motifs is 8. The molecule has 0 bridgehead atoms. The van der Waals surface area contributed by atoms with Crippen LogP contribution in [0.3, 0.4) is 0 Å². The van der Waals surface area contributed by atoms with Crippen LogP contribution in [-0.4, -0.2) is 4.57 Å². The van der Waals surface area contributed by atoms with E-state index in [0.29, 0.717) is 0 Å². The van der Waals surface area contributed by atoms with Crippen LogP contribution in [-0.2, 0) is 0 Å². The maximum absolute atomic E-state index is 6.78. The molecule has 11 aromatic rings. The lowest BCUT2D eigenvalue weighted by Gasteiger charge is -2.33. The summed E-state index contributed by atoms with van der Waals surface area (Å²) in [6.07, 6.45) is 0. The zero-order valence-electron chi connectivity index (χ0n) is 31.9. The molecule has 5 heteroatoms. The van der Waals surface area contributed by atoms with E-state index in [1.54, 1.807) is 0 Å². The van der Waals surface area contributed by atoms with Crippen LogP contribution >= 0.6 is 11.3 Å². The van der Waals surface area contributed by atoms with Crippen molar-refractivity contribution in [1.82, 2.24) is 4.57 Å². The molecule has 0 spiro atoms. The molecule has 0 saturated heterocycles. The number of ether oxygens (including phenoxy) is 1. The van der Waals surface area contributed by atoms with E-state index < -0.39 is 0 Å². The van der Waals surface area contributed by atoms with Crippen molar-refractivity contribution in [3.63, 3.8) is 0 Å². The third-order valence-corrected chi connectivity index (χ3v) is 12.8. The predicted octanol–water partition coefficient (Wildman–Crippen LogP) is 15.9. The van der Waals surface area contributed by atoms with Crippen LogP contribution in [0.25, 0.3) is 58.7 Å². The summed E-state index contributed by atoms with van der Waals surface area (Å²) < 4.78 is 11.6. The second-order valence-corrected chi connectivity index (χ2v) is 16.0. The predicted molar refractivity (Wildman–Crippen MR) is 249 cm³/mol. The Bertz CT molecular complexity index is 3360. The van der Waals surface area contributed by atoms with Gasteiger partial charge in [0.05, 0.1) is 21.6 Å². The second kappa shape index (κ2) is 13.5. The van der Waals surface area contributed by atoms with Gasteiger partial charge in [-0.05, 0) is 107 Å². The normalized spacial score (nSPS) is 12.2. The highest BCUT2D eigenvalue weighted by Crippen LogP contribution is 2.55. The maximum Gasteiger partial charge on any atom is 0.178 e. The first-order chi connectivity index (χ1) is 29.3. The molecule has 0 radical (unpaired) electrons. The van der Waals surface area contributed by atoms with Crippen LogP contribution < -0.4 is 14.5 Å². The van der Waals surface area contributed by atoms with Crippen molar-refractivity contribution in [3.05, 3.63) is 212 Å². The van der Waals surface area contributed by atoms with Crippen LogP contribution in [0.2, 0.25) is 0 Å². The van der Waals surface area contributed by atoms with Crippen molar-refractivity contribution in [2.75, 3.05) is 9.80 Å². The highest BCUT2D eigenvalue weighted by Gasteiger charge is 2.33. The first-order valence-corrected chi connectivity index (χ1v) is 20.7. The fourth-order valence-corrected chi connectivity index (χ4v) is 10.1. The second-order valence-electron chi connectivity index (χ2n) is 14.9. The number of anilines is 6. The molecule has 0 fully saturated rings. The average Bonchev–Trinajstić information content (AvgIpc) is 3.85. The number of benzene rings is 9. The molecular formula is C54H35N3OS. The van der Waals surface area contributed by atoms with Gasteiger partial charge in [-0.3, -0.25) is 9.47 Å². The molecule has 0 atom stereocenters. The topological polar surface area (TPSA) is 20.6 Å². The number of rotatable bonds is 6. The molecule has 0 amide bonds. The van der Waals surface area contributed by atoms with Crippen LogP contribution in [0.1, 0.15) is 0 Å². The highest BCUT2D eigenvalue weighted by atomic mass is 32.1. The summed E-state index contributed by atoms with van der Waals surface area (Å²) in [4.78, 5) is 4.76. The van der Waals surface area contributed by atoms with Crippen molar-refractivity contribution in [2.45, 2.75) is 0 Å². The van der Waals surface area contributed by atoms with Gasteiger partial charge in [0.15, 0.2) is 17.3 Å². The molecule has 0 N–H and O–H groups in total. The van der Waals surface area contributed by atoms with Gasteiger partial charge in [0, 0.05) is 43.6 Å². The number of para-hydroxylation sites is 4. The molecule has 3 heterocycles. The van der Waals surface area contributed by atoms with E-state index in [9.17, 15) is 0 Å². The Hall–Kier alpha value is -7.60. The Morgan fingerprint density at radius 3 is 1.95 bits per heavy atom. The van der Waals surface area contributed by atoms with Gasteiger partial charge in [0.2, 0.25) is 0 Å². The minimum Gasteiger partial charge on any atom is -0.451 e. The molecule has 4 nitrogen and oxygen atoms in total. The standard InChI is InChI=1S/C54H35N3OS/c1-2-16-38(17-3-1)56-47-23-8-6-20-46(47)52-54(56)57(48-24-9-10-26-50(48)58-52)41-34-32-40(33-35-41)55(49-25-13-22-45-44-19-7-11-27-51(44)59-53(45)49)39-30-28-37(29-31-39)43-21-12-15-36-14-4-5-18-42(36)43/h1-35H. The SMILES string of the molecule is c1ccc(-n2c3c(c4ccccc42)Oc2ccccc2N3c2ccc(N(c3ccc(-c4cccc5ccccc45)cc3)c3cccc4c3sc3ccccc34)cc2)cc1. The van der Waals surface area contributed by atoms with Gasteiger partial charge in [-0.2, -0.15) is 0 Å². The first kappa shape index (κ1) is 33.5. The van der Waals surface area contributed by atoms with E-state index in [1.807, 2.05) is 17.4 Å². The molecule has 1 aliphatic rings. The van der Waals surface area contributed by atoms with Crippen LogP contribution in [0, 0.1) is 0 Å². The zero-order chi connectivity index (χ0) is 38.9. The summed E-state index contributed by atoms with van der Waals surface area (Å²) >= 11 is 1.85. The number of hydrogen-bond acceptors (Lipinski definition) is 4. The molecule has 0 saturated carbocycles. The lowest BCUT2D eigenvalue weighted by atomic mass is 9.98. The van der Waals surface area contributed by atoms with Gasteiger partial charge < -0.3 is 9.64 Å². The summed E-state index contributed by atoms with van der Waals surface area (Å²) in [6, 6.07) is 76.1. The lowest BCUT2D eigenvalue weighted by molar-refractivity contribution is 0.481. The molecule has 59 heavy (non-hydrogen) atoms. The quantitative estimate of drug-likeness (QED) is 0.168. The Labute approximate surface area is 345 Å². The third kappa shape index (κ3) is 5.36. The summed E-state index contributed by atoms with van der Waals surface area (Å²) in [5, 5.41) is 6.11. The van der Waals surface area contributed by atoms with Crippen molar-refractivity contribution in [3.8, 4) is 28.3 Å². The first-order valence-electron chi connectivity index (χ1n) is 19.9. The molecular weight excluding hydrogens is 739 g/mol. The van der Waals surface area contributed by atoms with Crippen LogP contribution in [0.5, 0.6) is 11.5 Å². The lowest BCUT2D eigenvalue weighted by Crippen LogP contribution is -2.18. The number of aromatic nitrogens is 1. The monoisotopic (exact) mass is 773 g/mol. The molecule has 1 aliphatic heterocycles. The molecule has 12 rings (SSSR count). The minimum atomic E-state index is 0.824. The van der Waals surface area contributed by atoms with Gasteiger partial charge in [0.1, 0.15) is 0 Å². The largest absolute Gasteiger partial charge is 0.451 e. The molecule has 0 unspecified atom stereocenters. The van der Waals surface area contributed by atoms with Crippen molar-refractivity contribution in [1.29, 1.82) is 0 Å². The van der Waals surface area contributed by atoms with Gasteiger partial charge in [-0.15, -0.1) is 11.3 Å². The summed E-state index contributed by atoms with van der Waals surface area (Å²) in [5.74, 6) is 2.64. The van der Waals surface area contributed by atoms with E-state index in [-0.39, 0.29) is 0 Å². The Kier molecular flexibility index (Phi) is 7.68. The Morgan fingerprint density at radius 2 is 1.10 bits per heavy atom. The minimum absolute atomic E-state index is 0.824. The average molecular weight is 774 g/mol. The molecule has 2 aromatic heterocycles. The summed E-state index contributed by atoms with van der Waals surface area (Å²) in [7, 11) is 0. The van der Waals surface area contributed by atoms with Crippen molar-refractivity contribution < 1.29 is 4.74 Å². The van der Waals surface area contributed by atoms with Crippen molar-refractivity contribution in [2.24, 2.45) is 0 Å².